The molecule has 0 aliphatic carbocycles. The molecule has 1 saturated heterocycles. The van der Waals surface area contributed by atoms with Gasteiger partial charge < -0.3 is 15.0 Å². The number of hydrogen-bond donors (Lipinski definition) is 1. The van der Waals surface area contributed by atoms with Crippen molar-refractivity contribution < 1.29 is 9.53 Å². The van der Waals surface area contributed by atoms with E-state index in [0.717, 1.165) is 6.42 Å². The first-order chi connectivity index (χ1) is 10.2. The Labute approximate surface area is 134 Å². The summed E-state index contributed by atoms with van der Waals surface area (Å²) in [5, 5.41) is 6.96. The number of alkyl carbamates (subject to hydrolysis) is 1. The second-order valence-corrected chi connectivity index (χ2v) is 6.73. The average Bonchev–Trinajstić information content (AvgIpc) is 2.82. The Kier molecular flexibility index (Phi) is 4.65. The van der Waals surface area contributed by atoms with E-state index in [1.807, 2.05) is 25.7 Å². The number of halogens is 1. The maximum atomic E-state index is 11.8. The minimum Gasteiger partial charge on any atom is -0.444 e. The third-order valence-electron chi connectivity index (χ3n) is 3.31. The number of ether oxygens (including phenoxy) is 1. The lowest BCUT2D eigenvalue weighted by Crippen LogP contribution is -2.40. The Balaban J connectivity index is 2.00. The maximum Gasteiger partial charge on any atom is 0.407 e. The molecule has 1 aromatic rings. The SMILES string of the molecule is Cn1ncc(N2CCC(NC(=O)OC(C)(C)C)C2)c(Cl)c1=O. The van der Waals surface area contributed by atoms with Crippen LogP contribution in [0.4, 0.5) is 10.5 Å². The molecule has 22 heavy (non-hydrogen) atoms. The van der Waals surface area contributed by atoms with Crippen molar-refractivity contribution in [3.63, 3.8) is 0 Å². The maximum absolute atomic E-state index is 11.8. The van der Waals surface area contributed by atoms with Crippen LogP contribution in [-0.4, -0.2) is 40.6 Å². The molecule has 1 unspecified atom stereocenters. The minimum atomic E-state index is -0.527. The molecule has 122 valence electrons. The number of nitrogens with zero attached hydrogens (tertiary/aromatic N) is 3. The number of carbonyl (C=O) groups excluding carboxylic acids is 1. The lowest BCUT2D eigenvalue weighted by Gasteiger charge is -2.22. The van der Waals surface area contributed by atoms with E-state index in [1.165, 1.54) is 4.68 Å². The van der Waals surface area contributed by atoms with E-state index in [0.29, 0.717) is 18.8 Å². The van der Waals surface area contributed by atoms with Crippen LogP contribution >= 0.6 is 11.6 Å². The second-order valence-electron chi connectivity index (χ2n) is 6.35. The van der Waals surface area contributed by atoms with Gasteiger partial charge in [-0.1, -0.05) is 11.6 Å². The zero-order valence-corrected chi connectivity index (χ0v) is 14.0. The van der Waals surface area contributed by atoms with Gasteiger partial charge in [0.1, 0.15) is 10.6 Å². The lowest BCUT2D eigenvalue weighted by atomic mass is 10.2. The van der Waals surface area contributed by atoms with Crippen molar-refractivity contribution >= 4 is 23.4 Å². The largest absolute Gasteiger partial charge is 0.444 e. The molecule has 0 spiro atoms. The predicted octanol–water partition coefficient (Wildman–Crippen LogP) is 1.54. The van der Waals surface area contributed by atoms with Crippen LogP contribution in [0, 0.1) is 0 Å². The molecule has 2 heterocycles. The van der Waals surface area contributed by atoms with Crippen molar-refractivity contribution in [3.8, 4) is 0 Å². The first kappa shape index (κ1) is 16.6. The third kappa shape index (κ3) is 3.91. The third-order valence-corrected chi connectivity index (χ3v) is 3.66. The molecular weight excluding hydrogens is 308 g/mol. The Hall–Kier alpha value is -1.76. The molecule has 1 N–H and O–H groups in total. The number of rotatable bonds is 2. The summed E-state index contributed by atoms with van der Waals surface area (Å²) in [4.78, 5) is 25.5. The van der Waals surface area contributed by atoms with Crippen LogP contribution in [0.15, 0.2) is 11.0 Å². The molecule has 1 aromatic heterocycles. The molecular formula is C14H21ClN4O3. The van der Waals surface area contributed by atoms with Gasteiger partial charge in [0.2, 0.25) is 0 Å². The van der Waals surface area contributed by atoms with Crippen LogP contribution in [0.1, 0.15) is 27.2 Å². The van der Waals surface area contributed by atoms with E-state index in [4.69, 9.17) is 16.3 Å². The fraction of sp³-hybridized carbons (Fsp3) is 0.643. The van der Waals surface area contributed by atoms with Crippen molar-refractivity contribution in [1.29, 1.82) is 0 Å². The lowest BCUT2D eigenvalue weighted by molar-refractivity contribution is 0.0509. The van der Waals surface area contributed by atoms with Crippen LogP contribution in [0.2, 0.25) is 5.02 Å². The summed E-state index contributed by atoms with van der Waals surface area (Å²) >= 11 is 6.09. The molecule has 1 amide bonds. The Morgan fingerprint density at radius 1 is 1.50 bits per heavy atom. The van der Waals surface area contributed by atoms with Gasteiger partial charge in [-0.2, -0.15) is 5.10 Å². The predicted molar refractivity (Wildman–Crippen MR) is 84.5 cm³/mol. The van der Waals surface area contributed by atoms with Crippen LogP contribution in [-0.2, 0) is 11.8 Å². The molecule has 1 aliphatic heterocycles. The Morgan fingerprint density at radius 3 is 2.82 bits per heavy atom. The van der Waals surface area contributed by atoms with Crippen molar-refractivity contribution in [3.05, 3.63) is 21.6 Å². The number of carbonyl (C=O) groups is 1. The molecule has 0 aromatic carbocycles. The van der Waals surface area contributed by atoms with Gasteiger partial charge >= 0.3 is 6.09 Å². The highest BCUT2D eigenvalue weighted by molar-refractivity contribution is 6.33. The fourth-order valence-electron chi connectivity index (χ4n) is 2.29. The molecule has 1 aliphatic rings. The first-order valence-corrected chi connectivity index (χ1v) is 7.51. The number of aromatic nitrogens is 2. The summed E-state index contributed by atoms with van der Waals surface area (Å²) < 4.78 is 6.43. The quantitative estimate of drug-likeness (QED) is 0.891. The molecule has 1 atom stereocenters. The zero-order valence-electron chi connectivity index (χ0n) is 13.2. The number of anilines is 1. The van der Waals surface area contributed by atoms with Crippen molar-refractivity contribution in [2.75, 3.05) is 18.0 Å². The molecule has 7 nitrogen and oxygen atoms in total. The van der Waals surface area contributed by atoms with E-state index in [2.05, 4.69) is 10.4 Å². The van der Waals surface area contributed by atoms with Crippen LogP contribution in [0.3, 0.4) is 0 Å². The van der Waals surface area contributed by atoms with Gasteiger partial charge in [-0.05, 0) is 27.2 Å². The minimum absolute atomic E-state index is 0.0463. The van der Waals surface area contributed by atoms with Crippen molar-refractivity contribution in [2.24, 2.45) is 7.05 Å². The summed E-state index contributed by atoms with van der Waals surface area (Å²) in [5.41, 5.74) is -0.262. The highest BCUT2D eigenvalue weighted by Crippen LogP contribution is 2.25. The van der Waals surface area contributed by atoms with Gasteiger partial charge in [0.15, 0.2) is 0 Å². The molecule has 1 fully saturated rings. The highest BCUT2D eigenvalue weighted by Gasteiger charge is 2.28. The fourth-order valence-corrected chi connectivity index (χ4v) is 2.58. The molecule has 0 saturated carbocycles. The normalized spacial score (nSPS) is 18.4. The highest BCUT2D eigenvalue weighted by atomic mass is 35.5. The standard InChI is InChI=1S/C14H21ClN4O3/c1-14(2,3)22-13(21)17-9-5-6-19(8-9)10-7-16-18(4)12(20)11(10)15/h7,9H,5-6,8H2,1-4H3,(H,17,21). The molecule has 0 radical (unpaired) electrons. The Bertz CT molecular complexity index is 623. The van der Waals surface area contributed by atoms with Crippen molar-refractivity contribution in [1.82, 2.24) is 15.1 Å². The molecule has 8 heteroatoms. The van der Waals surface area contributed by atoms with Crippen LogP contribution in [0.25, 0.3) is 0 Å². The summed E-state index contributed by atoms with van der Waals surface area (Å²) in [7, 11) is 1.55. The van der Waals surface area contributed by atoms with E-state index in [-0.39, 0.29) is 16.6 Å². The van der Waals surface area contributed by atoms with Gasteiger partial charge in [0, 0.05) is 20.1 Å². The van der Waals surface area contributed by atoms with Gasteiger partial charge in [-0.25, -0.2) is 9.48 Å². The number of amides is 1. The van der Waals surface area contributed by atoms with Gasteiger partial charge in [0.25, 0.3) is 5.56 Å². The zero-order chi connectivity index (χ0) is 16.5. The summed E-state index contributed by atoms with van der Waals surface area (Å²) in [6.07, 6.45) is 1.89. The van der Waals surface area contributed by atoms with Gasteiger partial charge in [0.05, 0.1) is 17.9 Å². The van der Waals surface area contributed by atoms with E-state index in [1.54, 1.807) is 13.2 Å². The molecule has 2 rings (SSSR count). The monoisotopic (exact) mass is 328 g/mol. The summed E-state index contributed by atoms with van der Waals surface area (Å²) in [6.45, 7) is 6.71. The van der Waals surface area contributed by atoms with E-state index in [9.17, 15) is 9.59 Å². The second kappa shape index (κ2) is 6.16. The summed E-state index contributed by atoms with van der Waals surface area (Å²) in [6, 6.07) is -0.0463. The smallest absolute Gasteiger partial charge is 0.407 e. The van der Waals surface area contributed by atoms with E-state index < -0.39 is 11.7 Å². The van der Waals surface area contributed by atoms with Gasteiger partial charge in [-0.15, -0.1) is 0 Å². The molecule has 0 bridgehead atoms. The van der Waals surface area contributed by atoms with Gasteiger partial charge in [-0.3, -0.25) is 4.79 Å². The summed E-state index contributed by atoms with van der Waals surface area (Å²) in [5.74, 6) is 0. The van der Waals surface area contributed by atoms with Crippen molar-refractivity contribution in [2.45, 2.75) is 38.8 Å². The Morgan fingerprint density at radius 2 is 2.18 bits per heavy atom. The first-order valence-electron chi connectivity index (χ1n) is 7.13. The van der Waals surface area contributed by atoms with Crippen LogP contribution in [0.5, 0.6) is 0 Å². The van der Waals surface area contributed by atoms with Crippen LogP contribution < -0.4 is 15.8 Å². The van der Waals surface area contributed by atoms with E-state index >= 15 is 0 Å². The number of nitrogens with one attached hydrogen (secondary N) is 1. The topological polar surface area (TPSA) is 76.5 Å². The number of aryl methyl sites for hydroxylation is 1. The average molecular weight is 329 g/mol. The number of hydrogen-bond acceptors (Lipinski definition) is 5.